The van der Waals surface area contributed by atoms with E-state index >= 15 is 0 Å². The molecule has 1 aromatic heterocycles. The molecule has 2 rings (SSSR count). The molecule has 0 N–H and O–H groups in total. The zero-order chi connectivity index (χ0) is 13.8. The molecule has 0 aliphatic rings. The lowest BCUT2D eigenvalue weighted by Gasteiger charge is -2.05. The second-order valence-electron chi connectivity index (χ2n) is 4.38. The number of esters is 1. The highest BCUT2D eigenvalue weighted by Gasteiger charge is 2.08. The molecule has 0 saturated heterocycles. The maximum absolute atomic E-state index is 11.3. The minimum atomic E-state index is -0.141. The van der Waals surface area contributed by atoms with E-state index in [1.54, 1.807) is 0 Å². The Bertz CT molecular complexity index is 592. The summed E-state index contributed by atoms with van der Waals surface area (Å²) in [5.41, 5.74) is 2.29. The standard InChI is InChI=1S/C14H17BrN2O2/c1-3-19-14(18)5-4-8-17-13-7-6-12(15)10(2)11(13)9-16-17/h6-7,9H,3-5,8H2,1-2H3. The van der Waals surface area contributed by atoms with Crippen LogP contribution < -0.4 is 0 Å². The number of rotatable bonds is 5. The molecular weight excluding hydrogens is 308 g/mol. The zero-order valence-electron chi connectivity index (χ0n) is 11.1. The van der Waals surface area contributed by atoms with E-state index in [0.29, 0.717) is 13.0 Å². The third kappa shape index (κ3) is 3.15. The van der Waals surface area contributed by atoms with Crippen LogP contribution in [-0.2, 0) is 16.1 Å². The van der Waals surface area contributed by atoms with E-state index in [-0.39, 0.29) is 5.97 Å². The van der Waals surface area contributed by atoms with Gasteiger partial charge in [-0.3, -0.25) is 9.48 Å². The summed E-state index contributed by atoms with van der Waals surface area (Å²) in [4.78, 5) is 11.3. The molecule has 19 heavy (non-hydrogen) atoms. The Balaban J connectivity index is 2.06. The smallest absolute Gasteiger partial charge is 0.305 e. The van der Waals surface area contributed by atoms with Gasteiger partial charge in [-0.2, -0.15) is 5.10 Å². The summed E-state index contributed by atoms with van der Waals surface area (Å²) >= 11 is 3.52. The quantitative estimate of drug-likeness (QED) is 0.791. The molecule has 0 atom stereocenters. The fourth-order valence-electron chi connectivity index (χ4n) is 2.05. The van der Waals surface area contributed by atoms with Gasteiger partial charge >= 0.3 is 5.97 Å². The molecule has 0 radical (unpaired) electrons. The Morgan fingerprint density at radius 3 is 3.00 bits per heavy atom. The van der Waals surface area contributed by atoms with Gasteiger partial charge in [0.05, 0.1) is 18.3 Å². The fourth-order valence-corrected chi connectivity index (χ4v) is 2.40. The summed E-state index contributed by atoms with van der Waals surface area (Å²) in [6.07, 6.45) is 3.05. The van der Waals surface area contributed by atoms with E-state index in [4.69, 9.17) is 4.74 Å². The highest BCUT2D eigenvalue weighted by molar-refractivity contribution is 9.10. The van der Waals surface area contributed by atoms with Crippen molar-refractivity contribution < 1.29 is 9.53 Å². The van der Waals surface area contributed by atoms with Gasteiger partial charge in [0.15, 0.2) is 0 Å². The topological polar surface area (TPSA) is 44.1 Å². The molecule has 0 spiro atoms. The Labute approximate surface area is 120 Å². The van der Waals surface area contributed by atoms with E-state index in [9.17, 15) is 4.79 Å². The number of aromatic nitrogens is 2. The van der Waals surface area contributed by atoms with Crippen LogP contribution in [0.3, 0.4) is 0 Å². The Morgan fingerprint density at radius 1 is 1.47 bits per heavy atom. The summed E-state index contributed by atoms with van der Waals surface area (Å²) in [5.74, 6) is -0.141. The maximum atomic E-state index is 11.3. The first kappa shape index (κ1) is 14.1. The van der Waals surface area contributed by atoms with Crippen molar-refractivity contribution in [2.75, 3.05) is 6.61 Å². The molecule has 102 valence electrons. The lowest BCUT2D eigenvalue weighted by molar-refractivity contribution is -0.143. The molecule has 5 heteroatoms. The first-order valence-electron chi connectivity index (χ1n) is 6.39. The highest BCUT2D eigenvalue weighted by atomic mass is 79.9. The van der Waals surface area contributed by atoms with Crippen LogP contribution in [0.4, 0.5) is 0 Å². The Hall–Kier alpha value is -1.36. The van der Waals surface area contributed by atoms with Gasteiger partial charge in [-0.05, 0) is 38.0 Å². The van der Waals surface area contributed by atoms with Gasteiger partial charge in [-0.1, -0.05) is 15.9 Å². The molecular formula is C14H17BrN2O2. The fraction of sp³-hybridized carbons (Fsp3) is 0.429. The molecule has 0 saturated carbocycles. The second-order valence-corrected chi connectivity index (χ2v) is 5.24. The number of fused-ring (bicyclic) bond motifs is 1. The van der Waals surface area contributed by atoms with Gasteiger partial charge in [0.1, 0.15) is 0 Å². The van der Waals surface area contributed by atoms with Crippen molar-refractivity contribution >= 4 is 32.8 Å². The summed E-state index contributed by atoms with van der Waals surface area (Å²) in [5, 5.41) is 5.53. The van der Waals surface area contributed by atoms with Crippen molar-refractivity contribution in [3.63, 3.8) is 0 Å². The van der Waals surface area contributed by atoms with Crippen molar-refractivity contribution in [3.8, 4) is 0 Å². The molecule has 0 aliphatic carbocycles. The minimum absolute atomic E-state index is 0.141. The molecule has 1 heterocycles. The molecule has 1 aromatic carbocycles. The molecule has 0 bridgehead atoms. The highest BCUT2D eigenvalue weighted by Crippen LogP contribution is 2.25. The van der Waals surface area contributed by atoms with Crippen LogP contribution in [0, 0.1) is 6.92 Å². The monoisotopic (exact) mass is 324 g/mol. The first-order chi connectivity index (χ1) is 9.13. The number of halogens is 1. The summed E-state index contributed by atoms with van der Waals surface area (Å²) in [6.45, 7) is 5.05. The number of hydrogen-bond acceptors (Lipinski definition) is 3. The predicted octanol–water partition coefficient (Wildman–Crippen LogP) is 3.45. The zero-order valence-corrected chi connectivity index (χ0v) is 12.7. The van der Waals surface area contributed by atoms with E-state index in [1.807, 2.05) is 29.9 Å². The number of aryl methyl sites for hydroxylation is 2. The lowest BCUT2D eigenvalue weighted by atomic mass is 10.1. The van der Waals surface area contributed by atoms with Gasteiger partial charge < -0.3 is 4.74 Å². The largest absolute Gasteiger partial charge is 0.466 e. The molecule has 4 nitrogen and oxygen atoms in total. The van der Waals surface area contributed by atoms with Gasteiger partial charge in [0, 0.05) is 22.8 Å². The molecule has 2 aromatic rings. The number of hydrogen-bond donors (Lipinski definition) is 0. The predicted molar refractivity (Wildman–Crippen MR) is 78.0 cm³/mol. The van der Waals surface area contributed by atoms with E-state index < -0.39 is 0 Å². The Morgan fingerprint density at radius 2 is 2.26 bits per heavy atom. The van der Waals surface area contributed by atoms with Crippen LogP contribution in [-0.4, -0.2) is 22.4 Å². The van der Waals surface area contributed by atoms with Gasteiger partial charge in [0.2, 0.25) is 0 Å². The number of benzene rings is 1. The van der Waals surface area contributed by atoms with Crippen molar-refractivity contribution in [2.24, 2.45) is 0 Å². The van der Waals surface area contributed by atoms with E-state index in [0.717, 1.165) is 28.3 Å². The normalized spacial score (nSPS) is 10.9. The number of ether oxygens (including phenoxy) is 1. The first-order valence-corrected chi connectivity index (χ1v) is 7.19. The van der Waals surface area contributed by atoms with Crippen molar-refractivity contribution in [1.29, 1.82) is 0 Å². The van der Waals surface area contributed by atoms with Gasteiger partial charge in [0.25, 0.3) is 0 Å². The Kier molecular flexibility index (Phi) is 4.58. The van der Waals surface area contributed by atoms with Crippen LogP contribution in [0.5, 0.6) is 0 Å². The van der Waals surface area contributed by atoms with Crippen LogP contribution in [0.2, 0.25) is 0 Å². The maximum Gasteiger partial charge on any atom is 0.305 e. The molecule has 0 aliphatic heterocycles. The third-order valence-corrected chi connectivity index (χ3v) is 3.95. The van der Waals surface area contributed by atoms with Crippen molar-refractivity contribution in [2.45, 2.75) is 33.2 Å². The molecule has 0 fully saturated rings. The molecule has 0 unspecified atom stereocenters. The number of carbonyl (C=O) groups is 1. The lowest BCUT2D eigenvalue weighted by Crippen LogP contribution is -2.07. The van der Waals surface area contributed by atoms with Gasteiger partial charge in [-0.15, -0.1) is 0 Å². The van der Waals surface area contributed by atoms with Gasteiger partial charge in [-0.25, -0.2) is 0 Å². The van der Waals surface area contributed by atoms with Crippen LogP contribution >= 0.6 is 15.9 Å². The van der Waals surface area contributed by atoms with Crippen molar-refractivity contribution in [1.82, 2.24) is 9.78 Å². The van der Waals surface area contributed by atoms with Crippen molar-refractivity contribution in [3.05, 3.63) is 28.4 Å². The van der Waals surface area contributed by atoms with Crippen LogP contribution in [0.15, 0.2) is 22.8 Å². The summed E-state index contributed by atoms with van der Waals surface area (Å²) in [7, 11) is 0. The summed E-state index contributed by atoms with van der Waals surface area (Å²) in [6, 6.07) is 4.07. The average molecular weight is 325 g/mol. The SMILES string of the molecule is CCOC(=O)CCCn1ncc2c(C)c(Br)ccc21. The molecule has 0 amide bonds. The number of nitrogens with zero attached hydrogens (tertiary/aromatic N) is 2. The van der Waals surface area contributed by atoms with Crippen LogP contribution in [0.25, 0.3) is 10.9 Å². The third-order valence-electron chi connectivity index (χ3n) is 3.09. The average Bonchev–Trinajstić information content (AvgIpc) is 2.78. The minimum Gasteiger partial charge on any atom is -0.466 e. The number of carbonyl (C=O) groups excluding carboxylic acids is 1. The van der Waals surface area contributed by atoms with E-state index in [1.165, 1.54) is 5.56 Å². The second kappa shape index (κ2) is 6.19. The summed E-state index contributed by atoms with van der Waals surface area (Å²) < 4.78 is 7.94. The van der Waals surface area contributed by atoms with Crippen LogP contribution in [0.1, 0.15) is 25.3 Å². The van der Waals surface area contributed by atoms with E-state index in [2.05, 4.69) is 28.0 Å².